The maximum Gasteiger partial charge on any atom is 0.0736 e. The van der Waals surface area contributed by atoms with E-state index in [2.05, 4.69) is 204 Å². The molecule has 0 N–H and O–H groups in total. The fourth-order valence-electron chi connectivity index (χ4n) is 8.64. The van der Waals surface area contributed by atoms with Gasteiger partial charge in [0.05, 0.1) is 20.4 Å². The van der Waals surface area contributed by atoms with Crippen LogP contribution in [0.1, 0.15) is 0 Å². The zero-order valence-electron chi connectivity index (χ0n) is 30.6. The van der Waals surface area contributed by atoms with Crippen molar-refractivity contribution in [2.45, 2.75) is 0 Å². The van der Waals surface area contributed by atoms with Gasteiger partial charge in [-0.2, -0.15) is 0 Å². The van der Waals surface area contributed by atoms with E-state index in [1.54, 1.807) is 0 Å². The van der Waals surface area contributed by atoms with Crippen LogP contribution in [-0.4, -0.2) is 4.57 Å². The molecule has 0 aliphatic carbocycles. The third kappa shape index (κ3) is 5.20. The van der Waals surface area contributed by atoms with Crippen LogP contribution in [0.5, 0.6) is 0 Å². The van der Waals surface area contributed by atoms with E-state index in [0.717, 1.165) is 22.7 Å². The molecule has 12 aromatic rings. The molecule has 57 heavy (non-hydrogen) atoms. The Bertz CT molecular complexity index is 3370. The lowest BCUT2D eigenvalue weighted by Crippen LogP contribution is -2.10. The summed E-state index contributed by atoms with van der Waals surface area (Å²) in [4.78, 5) is 2.39. The zero-order valence-corrected chi connectivity index (χ0v) is 33.0. The van der Waals surface area contributed by atoms with Crippen molar-refractivity contribution < 1.29 is 0 Å². The highest BCUT2D eigenvalue weighted by molar-refractivity contribution is 7.33. The van der Waals surface area contributed by atoms with Crippen LogP contribution < -0.4 is 4.90 Å². The molecular formula is C52H32N2S3. The number of thiophene rings is 3. The molecule has 0 saturated heterocycles. The summed E-state index contributed by atoms with van der Waals surface area (Å²) in [5.41, 5.74) is 12.0. The molecule has 0 saturated carbocycles. The number of hydrogen-bond donors (Lipinski definition) is 0. The van der Waals surface area contributed by atoms with Crippen LogP contribution in [0.15, 0.2) is 194 Å². The van der Waals surface area contributed by atoms with E-state index in [4.69, 9.17) is 0 Å². The van der Waals surface area contributed by atoms with Gasteiger partial charge in [0, 0.05) is 63.1 Å². The molecule has 8 aromatic carbocycles. The van der Waals surface area contributed by atoms with Gasteiger partial charge >= 0.3 is 0 Å². The van der Waals surface area contributed by atoms with Crippen LogP contribution in [0.2, 0.25) is 0 Å². The highest BCUT2D eigenvalue weighted by atomic mass is 32.1. The molecule has 0 aliphatic heterocycles. The van der Waals surface area contributed by atoms with Gasteiger partial charge in [-0.3, -0.25) is 0 Å². The van der Waals surface area contributed by atoms with E-state index in [9.17, 15) is 0 Å². The van der Waals surface area contributed by atoms with Gasteiger partial charge in [0.25, 0.3) is 0 Å². The quantitative estimate of drug-likeness (QED) is 0.163. The van der Waals surface area contributed by atoms with Crippen molar-refractivity contribution in [2.24, 2.45) is 0 Å². The molecule has 0 radical (unpaired) electrons. The molecule has 0 aliphatic rings. The van der Waals surface area contributed by atoms with Gasteiger partial charge in [0.2, 0.25) is 0 Å². The van der Waals surface area contributed by atoms with Crippen molar-refractivity contribution >= 4 is 112 Å². The first kappa shape index (κ1) is 32.7. The lowest BCUT2D eigenvalue weighted by atomic mass is 9.99. The van der Waals surface area contributed by atoms with E-state index in [0.29, 0.717) is 0 Å². The van der Waals surface area contributed by atoms with Gasteiger partial charge in [-0.15, -0.1) is 34.0 Å². The van der Waals surface area contributed by atoms with E-state index in [1.165, 1.54) is 83.0 Å². The molecule has 12 rings (SSSR count). The van der Waals surface area contributed by atoms with E-state index < -0.39 is 0 Å². The van der Waals surface area contributed by atoms with E-state index in [-0.39, 0.29) is 0 Å². The highest BCUT2D eigenvalue weighted by Gasteiger charge is 2.22. The van der Waals surface area contributed by atoms with Gasteiger partial charge in [0.15, 0.2) is 0 Å². The average Bonchev–Trinajstić information content (AvgIpc) is 4.03. The second-order valence-electron chi connectivity index (χ2n) is 14.5. The van der Waals surface area contributed by atoms with E-state index >= 15 is 0 Å². The predicted molar refractivity (Wildman–Crippen MR) is 250 cm³/mol. The van der Waals surface area contributed by atoms with Gasteiger partial charge in [-0.1, -0.05) is 121 Å². The summed E-state index contributed by atoms with van der Waals surface area (Å²) >= 11 is 5.68. The molecular weight excluding hydrogens is 749 g/mol. The number of anilines is 3. The largest absolute Gasteiger partial charge is 0.310 e. The van der Waals surface area contributed by atoms with Crippen LogP contribution in [0.4, 0.5) is 17.1 Å². The van der Waals surface area contributed by atoms with Crippen molar-refractivity contribution in [1.82, 2.24) is 4.57 Å². The Morgan fingerprint density at radius 1 is 0.351 bits per heavy atom. The molecule has 5 heteroatoms. The second-order valence-corrected chi connectivity index (χ2v) is 17.7. The summed E-state index contributed by atoms with van der Waals surface area (Å²) < 4.78 is 10.5. The lowest BCUT2D eigenvalue weighted by molar-refractivity contribution is 1.19. The molecule has 0 bridgehead atoms. The summed E-state index contributed by atoms with van der Waals surface area (Å²) in [5.74, 6) is 0. The van der Waals surface area contributed by atoms with Crippen molar-refractivity contribution in [3.63, 3.8) is 0 Å². The molecule has 268 valence electrons. The number of nitrogens with zero attached hydrogens (tertiary/aromatic N) is 2. The van der Waals surface area contributed by atoms with Gasteiger partial charge in [-0.25, -0.2) is 0 Å². The number of fused-ring (bicyclic) bond motifs is 10. The molecule has 4 aromatic heterocycles. The first-order chi connectivity index (χ1) is 28.3. The Kier molecular flexibility index (Phi) is 7.48. The third-order valence-corrected chi connectivity index (χ3v) is 14.8. The van der Waals surface area contributed by atoms with Crippen molar-refractivity contribution in [2.75, 3.05) is 4.90 Å². The summed E-state index contributed by atoms with van der Waals surface area (Å²) in [6.07, 6.45) is 0. The highest BCUT2D eigenvalue weighted by Crippen LogP contribution is 2.48. The molecule has 0 spiro atoms. The van der Waals surface area contributed by atoms with Crippen LogP contribution in [0.25, 0.3) is 88.7 Å². The summed E-state index contributed by atoms with van der Waals surface area (Å²) in [6.45, 7) is 0. The Morgan fingerprint density at radius 3 is 1.54 bits per heavy atom. The Morgan fingerprint density at radius 2 is 0.877 bits per heavy atom. The van der Waals surface area contributed by atoms with Crippen molar-refractivity contribution in [3.05, 3.63) is 194 Å². The monoisotopic (exact) mass is 780 g/mol. The van der Waals surface area contributed by atoms with Gasteiger partial charge < -0.3 is 9.47 Å². The van der Waals surface area contributed by atoms with Crippen LogP contribution in [0.3, 0.4) is 0 Å². The maximum atomic E-state index is 2.51. The van der Waals surface area contributed by atoms with Crippen LogP contribution >= 0.6 is 34.0 Å². The summed E-state index contributed by atoms with van der Waals surface area (Å²) in [7, 11) is 0. The minimum absolute atomic E-state index is 1.10. The SMILES string of the molecule is c1ccc(-c2cccc(N(c3ccc(-c4cccc5sc6ccccc6c45)cc3)c3ccc(-n4c5c6ccccc6sc5c5sc6ccccc6c54)cc3)c2)cc1. The standard InChI is InChI=1S/C52H32N2S3/c1-2-12-33(13-3-1)35-14-10-15-39(32-35)53(36-26-24-34(25-27-36)40-19-11-23-47-48(40)41-16-4-7-20-44(41)55-47)37-28-30-38(31-29-37)54-49-42-17-5-8-21-45(42)56-51(49)52-50(54)43-18-6-9-22-46(43)57-52/h1-32H. The Balaban J connectivity index is 1.02. The van der Waals surface area contributed by atoms with Crippen molar-refractivity contribution in [3.8, 4) is 27.9 Å². The fraction of sp³-hybridized carbons (Fsp3) is 0. The topological polar surface area (TPSA) is 8.17 Å². The average molecular weight is 781 g/mol. The fourth-order valence-corrected chi connectivity index (χ4v) is 12.3. The minimum Gasteiger partial charge on any atom is -0.310 e. The number of aromatic nitrogens is 1. The minimum atomic E-state index is 1.10. The maximum absolute atomic E-state index is 2.51. The van der Waals surface area contributed by atoms with Crippen molar-refractivity contribution in [1.29, 1.82) is 0 Å². The predicted octanol–water partition coefficient (Wildman–Crippen LogP) is 16.4. The molecule has 0 unspecified atom stereocenters. The normalized spacial score (nSPS) is 11.9. The zero-order chi connectivity index (χ0) is 37.5. The Hall–Kier alpha value is -6.50. The summed E-state index contributed by atoms with van der Waals surface area (Å²) in [6, 6.07) is 71.0. The number of benzene rings is 8. The smallest absolute Gasteiger partial charge is 0.0736 e. The number of rotatable bonds is 6. The molecule has 2 nitrogen and oxygen atoms in total. The molecule has 0 fully saturated rings. The van der Waals surface area contributed by atoms with E-state index in [1.807, 2.05) is 34.0 Å². The number of hydrogen-bond acceptors (Lipinski definition) is 4. The first-order valence-corrected chi connectivity index (χ1v) is 21.6. The summed E-state index contributed by atoms with van der Waals surface area (Å²) in [5, 5.41) is 5.26. The van der Waals surface area contributed by atoms with Gasteiger partial charge in [0.1, 0.15) is 0 Å². The molecule has 0 amide bonds. The third-order valence-electron chi connectivity index (χ3n) is 11.2. The van der Waals surface area contributed by atoms with Crippen LogP contribution in [-0.2, 0) is 0 Å². The molecule has 4 heterocycles. The first-order valence-electron chi connectivity index (χ1n) is 19.2. The molecule has 0 atom stereocenters. The van der Waals surface area contributed by atoms with Crippen LogP contribution in [0, 0.1) is 0 Å². The second kappa shape index (κ2) is 13.0. The lowest BCUT2D eigenvalue weighted by Gasteiger charge is -2.26. The Labute approximate surface area is 341 Å². The van der Waals surface area contributed by atoms with Gasteiger partial charge in [-0.05, 0) is 95.1 Å².